The maximum Gasteiger partial charge on any atom is 0.126 e. The molecular weight excluding hydrogens is 250 g/mol. The Morgan fingerprint density at radius 3 is 2.63 bits per heavy atom. The third-order valence-electron chi connectivity index (χ3n) is 2.92. The average molecular weight is 264 g/mol. The van der Waals surface area contributed by atoms with Gasteiger partial charge in [0, 0.05) is 12.0 Å². The Balaban J connectivity index is 2.27. The number of halogens is 2. The third kappa shape index (κ3) is 3.12. The Hall–Kier alpha value is -1.88. The van der Waals surface area contributed by atoms with Crippen molar-refractivity contribution in [3.8, 4) is 0 Å². The Bertz CT molecular complexity index is 602. The second kappa shape index (κ2) is 5.40. The number of benzene rings is 1. The summed E-state index contributed by atoms with van der Waals surface area (Å²) in [5, 5.41) is 17.9. The van der Waals surface area contributed by atoms with E-state index in [0.29, 0.717) is 17.0 Å². The molecule has 1 heterocycles. The molecule has 19 heavy (non-hydrogen) atoms. The summed E-state index contributed by atoms with van der Waals surface area (Å²) >= 11 is 0. The molecule has 3 nitrogen and oxygen atoms in total. The van der Waals surface area contributed by atoms with E-state index < -0.39 is 17.7 Å². The van der Waals surface area contributed by atoms with E-state index in [-0.39, 0.29) is 12.0 Å². The molecule has 1 aromatic carbocycles. The first-order chi connectivity index (χ1) is 8.97. The molecule has 0 aliphatic carbocycles. The van der Waals surface area contributed by atoms with Crippen LogP contribution in [0, 0.1) is 25.5 Å². The van der Waals surface area contributed by atoms with E-state index in [1.807, 2.05) is 0 Å². The Kier molecular flexibility index (Phi) is 3.85. The van der Waals surface area contributed by atoms with Crippen LogP contribution in [0.4, 0.5) is 8.78 Å². The van der Waals surface area contributed by atoms with Crippen molar-refractivity contribution in [2.75, 3.05) is 0 Å². The number of aliphatic hydroxyl groups is 1. The highest BCUT2D eigenvalue weighted by Crippen LogP contribution is 2.22. The lowest BCUT2D eigenvalue weighted by molar-refractivity contribution is 0.175. The standard InChI is InChI=1S/C14H14F2N2O/c1-8-5-12(9(2)18-17-8)14(19)7-10-6-11(15)3-4-13(10)16/h3-6,14,19H,7H2,1-2H3. The van der Waals surface area contributed by atoms with Gasteiger partial charge in [0.25, 0.3) is 0 Å². The van der Waals surface area contributed by atoms with Crippen molar-refractivity contribution in [1.29, 1.82) is 0 Å². The molecule has 1 unspecified atom stereocenters. The van der Waals surface area contributed by atoms with Crippen molar-refractivity contribution in [1.82, 2.24) is 10.2 Å². The largest absolute Gasteiger partial charge is 0.388 e. The maximum atomic E-state index is 13.5. The van der Waals surface area contributed by atoms with Crippen LogP contribution in [0.1, 0.15) is 28.6 Å². The van der Waals surface area contributed by atoms with Gasteiger partial charge in [0.05, 0.1) is 17.5 Å². The van der Waals surface area contributed by atoms with Gasteiger partial charge in [0.15, 0.2) is 0 Å². The van der Waals surface area contributed by atoms with Crippen molar-refractivity contribution in [2.45, 2.75) is 26.4 Å². The molecule has 0 aliphatic heterocycles. The molecule has 2 aromatic rings. The average Bonchev–Trinajstić information content (AvgIpc) is 2.36. The van der Waals surface area contributed by atoms with Crippen molar-refractivity contribution in [3.63, 3.8) is 0 Å². The molecule has 0 saturated carbocycles. The van der Waals surface area contributed by atoms with E-state index in [1.54, 1.807) is 19.9 Å². The van der Waals surface area contributed by atoms with Gasteiger partial charge < -0.3 is 5.11 Å². The lowest BCUT2D eigenvalue weighted by atomic mass is 10.00. The molecule has 0 fully saturated rings. The van der Waals surface area contributed by atoms with Crippen molar-refractivity contribution in [3.05, 3.63) is 58.4 Å². The fourth-order valence-electron chi connectivity index (χ4n) is 1.93. The molecule has 100 valence electrons. The normalized spacial score (nSPS) is 12.5. The number of nitrogens with zero attached hydrogens (tertiary/aromatic N) is 2. The zero-order valence-electron chi connectivity index (χ0n) is 10.7. The number of rotatable bonds is 3. The Labute approximate surface area is 109 Å². The molecule has 0 amide bonds. The fourth-order valence-corrected chi connectivity index (χ4v) is 1.93. The van der Waals surface area contributed by atoms with E-state index in [4.69, 9.17) is 0 Å². The van der Waals surface area contributed by atoms with Gasteiger partial charge in [-0.3, -0.25) is 0 Å². The minimum atomic E-state index is -0.939. The second-order valence-electron chi connectivity index (χ2n) is 4.48. The van der Waals surface area contributed by atoms with Crippen molar-refractivity contribution >= 4 is 0 Å². The summed E-state index contributed by atoms with van der Waals surface area (Å²) < 4.78 is 26.6. The van der Waals surface area contributed by atoms with Crippen LogP contribution in [0.3, 0.4) is 0 Å². The molecular formula is C14H14F2N2O. The van der Waals surface area contributed by atoms with Crippen LogP contribution in [0.15, 0.2) is 24.3 Å². The molecule has 0 aliphatic rings. The highest BCUT2D eigenvalue weighted by atomic mass is 19.1. The first-order valence-electron chi connectivity index (χ1n) is 5.90. The van der Waals surface area contributed by atoms with Crippen LogP contribution in [0.2, 0.25) is 0 Å². The van der Waals surface area contributed by atoms with Gasteiger partial charge in [-0.2, -0.15) is 10.2 Å². The lowest BCUT2D eigenvalue weighted by Crippen LogP contribution is -2.08. The number of hydrogen-bond donors (Lipinski definition) is 1. The van der Waals surface area contributed by atoms with E-state index in [1.165, 1.54) is 0 Å². The van der Waals surface area contributed by atoms with Crippen molar-refractivity contribution < 1.29 is 13.9 Å². The Morgan fingerprint density at radius 2 is 1.89 bits per heavy atom. The summed E-state index contributed by atoms with van der Waals surface area (Å²) in [6.45, 7) is 3.47. The minimum Gasteiger partial charge on any atom is -0.388 e. The second-order valence-corrected chi connectivity index (χ2v) is 4.48. The summed E-state index contributed by atoms with van der Waals surface area (Å²) in [5.41, 5.74) is 1.96. The maximum absolute atomic E-state index is 13.5. The molecule has 0 bridgehead atoms. The summed E-state index contributed by atoms with van der Waals surface area (Å²) in [7, 11) is 0. The molecule has 0 saturated heterocycles. The molecule has 1 atom stereocenters. The highest BCUT2D eigenvalue weighted by Gasteiger charge is 2.15. The SMILES string of the molecule is Cc1cc(C(O)Cc2cc(F)ccc2F)c(C)nn1. The predicted molar refractivity (Wildman–Crippen MR) is 66.5 cm³/mol. The zero-order chi connectivity index (χ0) is 14.0. The minimum absolute atomic E-state index is 0.00440. The number of aryl methyl sites for hydroxylation is 2. The van der Waals surface area contributed by atoms with Crippen molar-refractivity contribution in [2.24, 2.45) is 0 Å². The van der Waals surface area contributed by atoms with E-state index in [9.17, 15) is 13.9 Å². The molecule has 0 spiro atoms. The quantitative estimate of drug-likeness (QED) is 0.927. The highest BCUT2D eigenvalue weighted by molar-refractivity contribution is 5.26. The van der Waals surface area contributed by atoms with E-state index in [2.05, 4.69) is 10.2 Å². The number of aromatic nitrogens is 2. The first kappa shape index (κ1) is 13.5. The first-order valence-corrected chi connectivity index (χ1v) is 5.90. The van der Waals surface area contributed by atoms with Crippen LogP contribution < -0.4 is 0 Å². The molecule has 1 aromatic heterocycles. The van der Waals surface area contributed by atoms with Gasteiger partial charge in [-0.05, 0) is 43.7 Å². The van der Waals surface area contributed by atoms with Crippen LogP contribution in [-0.4, -0.2) is 15.3 Å². The number of aliphatic hydroxyl groups excluding tert-OH is 1. The van der Waals surface area contributed by atoms with Gasteiger partial charge >= 0.3 is 0 Å². The van der Waals surface area contributed by atoms with Gasteiger partial charge in [0.1, 0.15) is 11.6 Å². The molecule has 1 N–H and O–H groups in total. The van der Waals surface area contributed by atoms with Crippen LogP contribution >= 0.6 is 0 Å². The van der Waals surface area contributed by atoms with Crippen LogP contribution in [0.25, 0.3) is 0 Å². The monoisotopic (exact) mass is 264 g/mol. The summed E-state index contributed by atoms with van der Waals surface area (Å²) in [4.78, 5) is 0. The van der Waals surface area contributed by atoms with Gasteiger partial charge in [0.2, 0.25) is 0 Å². The lowest BCUT2D eigenvalue weighted by Gasteiger charge is -2.14. The predicted octanol–water partition coefficient (Wildman–Crippen LogP) is 2.65. The van der Waals surface area contributed by atoms with E-state index in [0.717, 1.165) is 18.2 Å². The Morgan fingerprint density at radius 1 is 1.16 bits per heavy atom. The summed E-state index contributed by atoms with van der Waals surface area (Å²) in [6.07, 6.45) is -0.944. The molecule has 5 heteroatoms. The molecule has 2 rings (SSSR count). The van der Waals surface area contributed by atoms with Gasteiger partial charge in [-0.25, -0.2) is 8.78 Å². The smallest absolute Gasteiger partial charge is 0.126 e. The van der Waals surface area contributed by atoms with Gasteiger partial charge in [-0.1, -0.05) is 0 Å². The van der Waals surface area contributed by atoms with Gasteiger partial charge in [-0.15, -0.1) is 0 Å². The van der Waals surface area contributed by atoms with Crippen LogP contribution in [-0.2, 0) is 6.42 Å². The van der Waals surface area contributed by atoms with Crippen LogP contribution in [0.5, 0.6) is 0 Å². The number of hydrogen-bond acceptors (Lipinski definition) is 3. The third-order valence-corrected chi connectivity index (χ3v) is 2.92. The zero-order valence-corrected chi connectivity index (χ0v) is 10.7. The topological polar surface area (TPSA) is 46.0 Å². The molecule has 0 radical (unpaired) electrons. The fraction of sp³-hybridized carbons (Fsp3) is 0.286. The summed E-state index contributed by atoms with van der Waals surface area (Å²) in [5.74, 6) is -1.05. The van der Waals surface area contributed by atoms with E-state index >= 15 is 0 Å². The summed E-state index contributed by atoms with van der Waals surface area (Å²) in [6, 6.07) is 4.90.